The number of hydrogen-bond donors (Lipinski definition) is 0. The minimum atomic E-state index is -0.445. The van der Waals surface area contributed by atoms with E-state index in [0.29, 0.717) is 40.0 Å². The fraction of sp³-hybridized carbons (Fsp3) is 0.150. The maximum Gasteiger partial charge on any atom is 0.339 e. The van der Waals surface area contributed by atoms with Crippen LogP contribution in [0.25, 0.3) is 11.1 Å². The van der Waals surface area contributed by atoms with Crippen molar-refractivity contribution in [1.82, 2.24) is 0 Å². The third-order valence-corrected chi connectivity index (χ3v) is 3.95. The number of hydrogen-bond acceptors (Lipinski definition) is 5. The number of rotatable bonds is 5. The zero-order chi connectivity index (χ0) is 17.8. The minimum Gasteiger partial charge on any atom is -0.462 e. The largest absolute Gasteiger partial charge is 0.462 e. The molecule has 0 unspecified atom stereocenters. The van der Waals surface area contributed by atoms with E-state index in [1.54, 1.807) is 55.5 Å². The van der Waals surface area contributed by atoms with Crippen LogP contribution in [0.2, 0.25) is 0 Å². The van der Waals surface area contributed by atoms with Crippen LogP contribution in [0.1, 0.15) is 38.8 Å². The summed E-state index contributed by atoms with van der Waals surface area (Å²) in [5, 5.41) is 0. The van der Waals surface area contributed by atoms with Crippen molar-refractivity contribution in [2.24, 2.45) is 0 Å². The molecule has 0 saturated heterocycles. The molecule has 5 heteroatoms. The number of carbonyl (C=O) groups is 3. The van der Waals surface area contributed by atoms with Crippen LogP contribution in [-0.2, 0) is 14.3 Å². The lowest BCUT2D eigenvalue weighted by Gasteiger charge is -2.08. The molecule has 0 atom stereocenters. The van der Waals surface area contributed by atoms with Gasteiger partial charge in [0.1, 0.15) is 6.61 Å². The Hall–Kier alpha value is -3.21. The van der Waals surface area contributed by atoms with Gasteiger partial charge in [0.15, 0.2) is 6.29 Å². The van der Waals surface area contributed by atoms with E-state index >= 15 is 0 Å². The van der Waals surface area contributed by atoms with Crippen LogP contribution >= 0.6 is 0 Å². The van der Waals surface area contributed by atoms with E-state index in [9.17, 15) is 14.4 Å². The number of esters is 2. The molecule has 0 saturated carbocycles. The third kappa shape index (κ3) is 3.21. The molecule has 0 N–H and O–H groups in total. The summed E-state index contributed by atoms with van der Waals surface area (Å²) >= 11 is 0. The Morgan fingerprint density at radius 1 is 1.16 bits per heavy atom. The van der Waals surface area contributed by atoms with Crippen LogP contribution in [-0.4, -0.2) is 31.4 Å². The van der Waals surface area contributed by atoms with Gasteiger partial charge in [-0.2, -0.15) is 0 Å². The first-order valence-corrected chi connectivity index (χ1v) is 7.88. The first-order valence-electron chi connectivity index (χ1n) is 7.88. The van der Waals surface area contributed by atoms with Crippen molar-refractivity contribution >= 4 is 29.4 Å². The van der Waals surface area contributed by atoms with Gasteiger partial charge in [-0.1, -0.05) is 36.4 Å². The zero-order valence-corrected chi connectivity index (χ0v) is 13.7. The number of aldehydes is 1. The van der Waals surface area contributed by atoms with Crippen LogP contribution in [0.4, 0.5) is 0 Å². The van der Waals surface area contributed by atoms with E-state index in [-0.39, 0.29) is 6.61 Å². The SMILES string of the molecule is CCOC(=O)c1ccc(C2=C(c3ccccc3C=O)COC2=O)cc1. The second-order valence-electron chi connectivity index (χ2n) is 5.43. The predicted octanol–water partition coefficient (Wildman–Crippen LogP) is 3.14. The van der Waals surface area contributed by atoms with Crippen molar-refractivity contribution in [3.63, 3.8) is 0 Å². The average Bonchev–Trinajstić information content (AvgIpc) is 3.03. The molecule has 0 aromatic heterocycles. The van der Waals surface area contributed by atoms with Gasteiger partial charge in [0.2, 0.25) is 0 Å². The van der Waals surface area contributed by atoms with E-state index in [4.69, 9.17) is 9.47 Å². The summed E-state index contributed by atoms with van der Waals surface area (Å²) in [5.41, 5.74) is 3.28. The first kappa shape index (κ1) is 16.6. The standard InChI is InChI=1S/C20H16O5/c1-2-24-19(22)14-9-7-13(8-10-14)18-17(12-25-20(18)23)16-6-4-3-5-15(16)11-21/h3-11H,2,12H2,1H3. The molecular weight excluding hydrogens is 320 g/mol. The van der Waals surface area contributed by atoms with Crippen molar-refractivity contribution < 1.29 is 23.9 Å². The second-order valence-corrected chi connectivity index (χ2v) is 5.43. The highest BCUT2D eigenvalue weighted by Gasteiger charge is 2.28. The van der Waals surface area contributed by atoms with Crippen LogP contribution in [0.5, 0.6) is 0 Å². The average molecular weight is 336 g/mol. The molecule has 25 heavy (non-hydrogen) atoms. The van der Waals surface area contributed by atoms with Crippen molar-refractivity contribution in [3.8, 4) is 0 Å². The summed E-state index contributed by atoms with van der Waals surface area (Å²) in [6.45, 7) is 2.14. The molecule has 1 heterocycles. The summed E-state index contributed by atoms with van der Waals surface area (Å²) < 4.78 is 10.1. The lowest BCUT2D eigenvalue weighted by Crippen LogP contribution is -2.05. The summed E-state index contributed by atoms with van der Waals surface area (Å²) in [5.74, 6) is -0.858. The van der Waals surface area contributed by atoms with E-state index in [1.807, 2.05) is 0 Å². The van der Waals surface area contributed by atoms with E-state index < -0.39 is 11.9 Å². The highest BCUT2D eigenvalue weighted by atomic mass is 16.5. The Labute approximate surface area is 144 Å². The quantitative estimate of drug-likeness (QED) is 0.620. The fourth-order valence-electron chi connectivity index (χ4n) is 2.77. The molecule has 1 aliphatic rings. The van der Waals surface area contributed by atoms with E-state index in [2.05, 4.69) is 0 Å². The van der Waals surface area contributed by atoms with Gasteiger partial charge in [-0.25, -0.2) is 9.59 Å². The topological polar surface area (TPSA) is 69.7 Å². The van der Waals surface area contributed by atoms with Gasteiger partial charge < -0.3 is 9.47 Å². The van der Waals surface area contributed by atoms with Crippen LogP contribution < -0.4 is 0 Å². The van der Waals surface area contributed by atoms with Gasteiger partial charge in [-0.3, -0.25) is 4.79 Å². The predicted molar refractivity (Wildman–Crippen MR) is 92.0 cm³/mol. The van der Waals surface area contributed by atoms with E-state index in [0.717, 1.165) is 6.29 Å². The van der Waals surface area contributed by atoms with Gasteiger partial charge in [0, 0.05) is 11.1 Å². The van der Waals surface area contributed by atoms with E-state index in [1.165, 1.54) is 0 Å². The molecule has 2 aromatic carbocycles. The summed E-state index contributed by atoms with van der Waals surface area (Å²) in [6.07, 6.45) is 0.757. The van der Waals surface area contributed by atoms with Crippen molar-refractivity contribution in [3.05, 3.63) is 70.8 Å². The highest BCUT2D eigenvalue weighted by molar-refractivity contribution is 6.27. The second kappa shape index (κ2) is 7.13. The molecular formula is C20H16O5. The Kier molecular flexibility index (Phi) is 4.75. The molecule has 0 radical (unpaired) electrons. The first-order chi connectivity index (χ1) is 12.2. The lowest BCUT2D eigenvalue weighted by molar-refractivity contribution is -0.133. The summed E-state index contributed by atoms with van der Waals surface area (Å²) in [4.78, 5) is 35.3. The number of cyclic esters (lactones) is 1. The van der Waals surface area contributed by atoms with Crippen LogP contribution in [0, 0.1) is 0 Å². The smallest absolute Gasteiger partial charge is 0.339 e. The summed E-state index contributed by atoms with van der Waals surface area (Å²) in [6, 6.07) is 13.6. The monoisotopic (exact) mass is 336 g/mol. The molecule has 5 nitrogen and oxygen atoms in total. The maximum atomic E-state index is 12.2. The molecule has 0 bridgehead atoms. The zero-order valence-electron chi connectivity index (χ0n) is 13.7. The molecule has 126 valence electrons. The fourth-order valence-corrected chi connectivity index (χ4v) is 2.77. The lowest BCUT2D eigenvalue weighted by atomic mass is 9.93. The molecule has 0 fully saturated rings. The Morgan fingerprint density at radius 2 is 1.88 bits per heavy atom. The van der Waals surface area contributed by atoms with Crippen molar-refractivity contribution in [2.45, 2.75) is 6.92 Å². The molecule has 1 aliphatic heterocycles. The van der Waals surface area contributed by atoms with Crippen molar-refractivity contribution in [2.75, 3.05) is 13.2 Å². The normalized spacial score (nSPS) is 13.6. The third-order valence-electron chi connectivity index (χ3n) is 3.95. The Balaban J connectivity index is 2.05. The minimum absolute atomic E-state index is 0.110. The van der Waals surface area contributed by atoms with Gasteiger partial charge in [-0.05, 0) is 30.2 Å². The van der Waals surface area contributed by atoms with Gasteiger partial charge in [0.05, 0.1) is 17.7 Å². The maximum absolute atomic E-state index is 12.2. The molecule has 0 spiro atoms. The molecule has 0 amide bonds. The molecule has 3 rings (SSSR count). The van der Waals surface area contributed by atoms with Crippen LogP contribution in [0.3, 0.4) is 0 Å². The molecule has 0 aliphatic carbocycles. The molecule has 2 aromatic rings. The number of benzene rings is 2. The number of ether oxygens (including phenoxy) is 2. The Morgan fingerprint density at radius 3 is 2.56 bits per heavy atom. The van der Waals surface area contributed by atoms with Gasteiger partial charge in [0.25, 0.3) is 0 Å². The summed E-state index contributed by atoms with van der Waals surface area (Å²) in [7, 11) is 0. The Bertz CT molecular complexity index is 862. The van der Waals surface area contributed by atoms with Crippen LogP contribution in [0.15, 0.2) is 48.5 Å². The van der Waals surface area contributed by atoms with Gasteiger partial charge >= 0.3 is 11.9 Å². The highest BCUT2D eigenvalue weighted by Crippen LogP contribution is 2.34. The van der Waals surface area contributed by atoms with Crippen molar-refractivity contribution in [1.29, 1.82) is 0 Å². The van der Waals surface area contributed by atoms with Gasteiger partial charge in [-0.15, -0.1) is 0 Å². The number of carbonyl (C=O) groups excluding carboxylic acids is 3.